The first-order valence-corrected chi connectivity index (χ1v) is 9.49. The molecule has 3 aromatic carbocycles. The third-order valence-electron chi connectivity index (χ3n) is 5.83. The summed E-state index contributed by atoms with van der Waals surface area (Å²) in [6.45, 7) is -0.0825. The van der Waals surface area contributed by atoms with Crippen LogP contribution in [0.2, 0.25) is 0 Å². The molecule has 2 heterocycles. The maximum absolute atomic E-state index is 11.6. The largest absolute Gasteiger partial charge is 0.493 e. The van der Waals surface area contributed by atoms with Crippen LogP contribution in [0, 0.1) is 10.1 Å². The van der Waals surface area contributed by atoms with Gasteiger partial charge in [-0.1, -0.05) is 12.1 Å². The van der Waals surface area contributed by atoms with Crippen molar-refractivity contribution in [2.45, 2.75) is 6.04 Å². The first kappa shape index (κ1) is 18.4. The molecule has 8 nitrogen and oxygen atoms in total. The SMILES string of the molecule is COc1ccc2c(c1OC)C(C[N+](=O)[O-])N(C)c1c-2ccc2cc3c(cc12)OCO3. The summed E-state index contributed by atoms with van der Waals surface area (Å²) in [7, 11) is 4.99. The summed E-state index contributed by atoms with van der Waals surface area (Å²) < 4.78 is 22.2. The van der Waals surface area contributed by atoms with Crippen LogP contribution in [0.25, 0.3) is 21.9 Å². The summed E-state index contributed by atoms with van der Waals surface area (Å²) in [6, 6.07) is 11.2. The molecule has 8 heteroatoms. The zero-order chi connectivity index (χ0) is 21.0. The fourth-order valence-corrected chi connectivity index (χ4v) is 4.52. The van der Waals surface area contributed by atoms with Crippen molar-refractivity contribution in [1.29, 1.82) is 0 Å². The van der Waals surface area contributed by atoms with Crippen molar-refractivity contribution in [3.8, 4) is 34.1 Å². The Morgan fingerprint density at radius 2 is 1.83 bits per heavy atom. The normalized spacial score (nSPS) is 16.2. The third-order valence-corrected chi connectivity index (χ3v) is 5.83. The number of methoxy groups -OCH3 is 2. The molecular weight excluding hydrogens is 388 g/mol. The van der Waals surface area contributed by atoms with E-state index in [1.807, 2.05) is 48.3 Å². The molecule has 2 aliphatic rings. The van der Waals surface area contributed by atoms with E-state index in [0.717, 1.165) is 33.2 Å². The number of nitrogens with zero attached hydrogens (tertiary/aromatic N) is 2. The first-order valence-electron chi connectivity index (χ1n) is 9.49. The number of rotatable bonds is 4. The van der Waals surface area contributed by atoms with Gasteiger partial charge in [0.1, 0.15) is 6.04 Å². The lowest BCUT2D eigenvalue weighted by Gasteiger charge is -2.37. The van der Waals surface area contributed by atoms with Crippen molar-refractivity contribution in [3.05, 3.63) is 52.1 Å². The summed E-state index contributed by atoms with van der Waals surface area (Å²) in [5, 5.41) is 13.5. The second kappa shape index (κ2) is 6.69. The monoisotopic (exact) mass is 408 g/mol. The smallest absolute Gasteiger partial charge is 0.231 e. The highest BCUT2D eigenvalue weighted by atomic mass is 16.7. The quantitative estimate of drug-likeness (QED) is 0.476. The van der Waals surface area contributed by atoms with E-state index in [2.05, 4.69) is 0 Å². The molecule has 154 valence electrons. The molecule has 0 saturated carbocycles. The van der Waals surface area contributed by atoms with E-state index < -0.39 is 6.04 Å². The van der Waals surface area contributed by atoms with E-state index in [0.29, 0.717) is 23.0 Å². The van der Waals surface area contributed by atoms with Crippen LogP contribution in [0.4, 0.5) is 5.69 Å². The number of ether oxygens (including phenoxy) is 4. The predicted octanol–water partition coefficient (Wildman–Crippen LogP) is 4.02. The van der Waals surface area contributed by atoms with Crippen LogP contribution >= 0.6 is 0 Å². The molecule has 0 aromatic heterocycles. The molecule has 0 radical (unpaired) electrons. The van der Waals surface area contributed by atoms with Gasteiger partial charge in [-0.25, -0.2) is 0 Å². The maximum Gasteiger partial charge on any atom is 0.231 e. The lowest BCUT2D eigenvalue weighted by molar-refractivity contribution is -0.483. The lowest BCUT2D eigenvalue weighted by atomic mass is 9.85. The molecule has 0 fully saturated rings. The van der Waals surface area contributed by atoms with Gasteiger partial charge in [-0.2, -0.15) is 0 Å². The fourth-order valence-electron chi connectivity index (χ4n) is 4.52. The van der Waals surface area contributed by atoms with Crippen LogP contribution in [0.3, 0.4) is 0 Å². The van der Waals surface area contributed by atoms with E-state index >= 15 is 0 Å². The van der Waals surface area contributed by atoms with Crippen LogP contribution in [0.5, 0.6) is 23.0 Å². The average Bonchev–Trinajstić information content (AvgIpc) is 3.20. The average molecular weight is 408 g/mol. The highest BCUT2D eigenvalue weighted by Crippen LogP contribution is 2.53. The van der Waals surface area contributed by atoms with Crippen molar-refractivity contribution in [2.75, 3.05) is 39.5 Å². The molecule has 1 atom stereocenters. The van der Waals surface area contributed by atoms with Crippen molar-refractivity contribution in [1.82, 2.24) is 0 Å². The summed E-state index contributed by atoms with van der Waals surface area (Å²) in [5.74, 6) is 2.44. The Morgan fingerprint density at radius 3 is 2.53 bits per heavy atom. The lowest BCUT2D eigenvalue weighted by Crippen LogP contribution is -2.34. The van der Waals surface area contributed by atoms with Crippen molar-refractivity contribution in [2.24, 2.45) is 0 Å². The number of nitro groups is 1. The topological polar surface area (TPSA) is 83.3 Å². The molecule has 1 unspecified atom stereocenters. The highest BCUT2D eigenvalue weighted by Gasteiger charge is 2.37. The molecule has 3 aromatic rings. The van der Waals surface area contributed by atoms with Gasteiger partial charge in [-0.3, -0.25) is 10.1 Å². The van der Waals surface area contributed by atoms with Crippen molar-refractivity contribution >= 4 is 16.5 Å². The van der Waals surface area contributed by atoms with Gasteiger partial charge in [0.15, 0.2) is 23.0 Å². The van der Waals surface area contributed by atoms with E-state index in [4.69, 9.17) is 18.9 Å². The van der Waals surface area contributed by atoms with Gasteiger partial charge in [-0.15, -0.1) is 0 Å². The van der Waals surface area contributed by atoms with E-state index in [1.165, 1.54) is 0 Å². The molecule has 0 saturated heterocycles. The molecule has 5 rings (SSSR count). The Balaban J connectivity index is 1.83. The Labute approximate surface area is 172 Å². The van der Waals surface area contributed by atoms with Crippen LogP contribution < -0.4 is 23.8 Å². The minimum Gasteiger partial charge on any atom is -0.493 e. The van der Waals surface area contributed by atoms with E-state index in [9.17, 15) is 10.1 Å². The minimum atomic E-state index is -0.524. The van der Waals surface area contributed by atoms with Gasteiger partial charge < -0.3 is 23.8 Å². The van der Waals surface area contributed by atoms with Gasteiger partial charge in [0, 0.05) is 28.5 Å². The molecule has 2 aliphatic heterocycles. The van der Waals surface area contributed by atoms with Crippen LogP contribution in [-0.2, 0) is 0 Å². The van der Waals surface area contributed by atoms with Gasteiger partial charge >= 0.3 is 0 Å². The number of hydrogen-bond acceptors (Lipinski definition) is 7. The molecule has 0 spiro atoms. The van der Waals surface area contributed by atoms with Crippen LogP contribution in [0.15, 0.2) is 36.4 Å². The Bertz CT molecular complexity index is 1190. The summed E-state index contributed by atoms with van der Waals surface area (Å²) >= 11 is 0. The van der Waals surface area contributed by atoms with Crippen LogP contribution in [-0.4, -0.2) is 39.5 Å². The maximum atomic E-state index is 11.6. The highest BCUT2D eigenvalue weighted by molar-refractivity contribution is 6.05. The van der Waals surface area contributed by atoms with Crippen molar-refractivity contribution in [3.63, 3.8) is 0 Å². The zero-order valence-corrected chi connectivity index (χ0v) is 16.8. The first-order chi connectivity index (χ1) is 14.5. The Kier molecular flexibility index (Phi) is 4.09. The fraction of sp³-hybridized carbons (Fsp3) is 0.273. The van der Waals surface area contributed by atoms with Gasteiger partial charge in [0.25, 0.3) is 0 Å². The summed E-state index contributed by atoms with van der Waals surface area (Å²) in [5.41, 5.74) is 3.53. The third kappa shape index (κ3) is 2.53. The Morgan fingerprint density at radius 1 is 1.10 bits per heavy atom. The van der Waals surface area contributed by atoms with E-state index in [-0.39, 0.29) is 18.3 Å². The summed E-state index contributed by atoms with van der Waals surface area (Å²) in [6.07, 6.45) is 0. The van der Waals surface area contributed by atoms with Gasteiger partial charge in [0.05, 0.1) is 19.9 Å². The Hall–Kier alpha value is -3.68. The number of likely N-dealkylation sites (N-methyl/N-ethyl adjacent to an activating group) is 1. The van der Waals surface area contributed by atoms with Gasteiger partial charge in [-0.05, 0) is 35.2 Å². The van der Waals surface area contributed by atoms with Crippen LogP contribution in [0.1, 0.15) is 11.6 Å². The molecule has 0 amide bonds. The number of fused-ring (bicyclic) bond motifs is 6. The minimum absolute atomic E-state index is 0.188. The second-order valence-corrected chi connectivity index (χ2v) is 7.29. The number of anilines is 1. The number of hydrogen-bond donors (Lipinski definition) is 0. The van der Waals surface area contributed by atoms with E-state index in [1.54, 1.807) is 14.2 Å². The van der Waals surface area contributed by atoms with Crippen molar-refractivity contribution < 1.29 is 23.9 Å². The molecule has 0 N–H and O–H groups in total. The molecule has 0 aliphatic carbocycles. The van der Waals surface area contributed by atoms with Gasteiger partial charge in [0.2, 0.25) is 13.3 Å². The molecule has 30 heavy (non-hydrogen) atoms. The molecular formula is C22H20N2O6. The predicted molar refractivity (Wildman–Crippen MR) is 112 cm³/mol. The standard InChI is InChI=1S/C22H20N2O6/c1-23-16(10-24(25)26)20-13(6-7-17(27-2)22(20)28-3)14-5-4-12-8-18-19(30-11-29-18)9-15(12)21(14)23/h4-9,16H,10-11H2,1-3H3. The number of benzene rings is 3. The summed E-state index contributed by atoms with van der Waals surface area (Å²) in [4.78, 5) is 13.2. The second-order valence-electron chi connectivity index (χ2n) is 7.29. The zero-order valence-electron chi connectivity index (χ0n) is 16.8. The molecule has 0 bridgehead atoms.